The van der Waals surface area contributed by atoms with Crippen molar-refractivity contribution >= 4 is 27.4 Å². The summed E-state index contributed by atoms with van der Waals surface area (Å²) in [5.41, 5.74) is 5.82. The van der Waals surface area contributed by atoms with E-state index in [4.69, 9.17) is 16.0 Å². The normalized spacial score (nSPS) is 14.1. The molecule has 0 radical (unpaired) electrons. The molecule has 118 valence electrons. The van der Waals surface area contributed by atoms with Crippen LogP contribution in [0, 0.1) is 0 Å². The average molecular weight is 332 g/mol. The van der Waals surface area contributed by atoms with Crippen LogP contribution in [0.15, 0.2) is 34.3 Å². The van der Waals surface area contributed by atoms with Crippen LogP contribution >= 0.6 is 11.8 Å². The van der Waals surface area contributed by atoms with Crippen molar-refractivity contribution in [2.24, 2.45) is 10.9 Å². The molecule has 0 fully saturated rings. The number of hydrogen-bond acceptors (Lipinski definition) is 6. The van der Waals surface area contributed by atoms with E-state index in [2.05, 4.69) is 5.16 Å². The molecule has 0 aliphatic carbocycles. The standard InChI is InChI=1S/C13H20N2O4S2/c1-10(5-6-16)20-7-8-21(18,19)12-4-2-3-11(9-12)13(14)15-17/h2-4,9-10,16-17H,5-8H2,1H3,(H2,14,15). The van der Waals surface area contributed by atoms with Crippen LogP contribution in [0.25, 0.3) is 0 Å². The second-order valence-electron chi connectivity index (χ2n) is 4.53. The van der Waals surface area contributed by atoms with Gasteiger partial charge in [-0.05, 0) is 18.6 Å². The van der Waals surface area contributed by atoms with E-state index in [1.165, 1.54) is 23.9 Å². The van der Waals surface area contributed by atoms with E-state index in [0.717, 1.165) is 0 Å². The Bertz CT molecular complexity index is 588. The number of oxime groups is 1. The fourth-order valence-corrected chi connectivity index (χ4v) is 4.41. The lowest BCUT2D eigenvalue weighted by Gasteiger charge is -2.10. The molecule has 1 unspecified atom stereocenters. The number of aliphatic hydroxyl groups excluding tert-OH is 1. The van der Waals surface area contributed by atoms with Crippen molar-refractivity contribution in [3.05, 3.63) is 29.8 Å². The maximum atomic E-state index is 12.2. The lowest BCUT2D eigenvalue weighted by Crippen LogP contribution is -2.15. The molecule has 21 heavy (non-hydrogen) atoms. The Morgan fingerprint density at radius 1 is 1.48 bits per heavy atom. The van der Waals surface area contributed by atoms with E-state index in [9.17, 15) is 8.42 Å². The van der Waals surface area contributed by atoms with Gasteiger partial charge in [-0.15, -0.1) is 0 Å². The second kappa shape index (κ2) is 8.26. The van der Waals surface area contributed by atoms with Gasteiger partial charge in [-0.1, -0.05) is 24.2 Å². The largest absolute Gasteiger partial charge is 0.409 e. The highest BCUT2D eigenvalue weighted by Gasteiger charge is 2.16. The highest BCUT2D eigenvalue weighted by molar-refractivity contribution is 8.01. The van der Waals surface area contributed by atoms with E-state index in [1.54, 1.807) is 12.1 Å². The number of nitrogens with two attached hydrogens (primary N) is 1. The smallest absolute Gasteiger partial charge is 0.179 e. The van der Waals surface area contributed by atoms with Crippen LogP contribution < -0.4 is 5.73 Å². The van der Waals surface area contributed by atoms with Gasteiger partial charge < -0.3 is 16.0 Å². The summed E-state index contributed by atoms with van der Waals surface area (Å²) in [7, 11) is -3.41. The van der Waals surface area contributed by atoms with E-state index >= 15 is 0 Å². The van der Waals surface area contributed by atoms with Gasteiger partial charge in [0.2, 0.25) is 0 Å². The van der Waals surface area contributed by atoms with Gasteiger partial charge in [0.25, 0.3) is 0 Å². The molecule has 1 aromatic rings. The maximum Gasteiger partial charge on any atom is 0.179 e. The zero-order valence-electron chi connectivity index (χ0n) is 11.8. The molecule has 0 amide bonds. The summed E-state index contributed by atoms with van der Waals surface area (Å²) < 4.78 is 24.5. The molecule has 1 rings (SSSR count). The first-order chi connectivity index (χ1) is 9.90. The molecule has 0 aliphatic heterocycles. The molecule has 8 heteroatoms. The molecular weight excluding hydrogens is 312 g/mol. The minimum absolute atomic E-state index is 0.00701. The summed E-state index contributed by atoms with van der Waals surface area (Å²) in [5, 5.41) is 20.5. The number of thioether (sulfide) groups is 1. The second-order valence-corrected chi connectivity index (χ2v) is 8.18. The third-order valence-corrected chi connectivity index (χ3v) is 6.10. The van der Waals surface area contributed by atoms with Crippen LogP contribution in [0.5, 0.6) is 0 Å². The van der Waals surface area contributed by atoms with Gasteiger partial charge >= 0.3 is 0 Å². The van der Waals surface area contributed by atoms with Crippen LogP contribution in [0.1, 0.15) is 18.9 Å². The number of sulfone groups is 1. The summed E-state index contributed by atoms with van der Waals surface area (Å²) in [5.74, 6) is 0.336. The number of benzene rings is 1. The van der Waals surface area contributed by atoms with Crippen molar-refractivity contribution < 1.29 is 18.7 Å². The predicted octanol–water partition coefficient (Wildman–Crippen LogP) is 1.06. The summed E-state index contributed by atoms with van der Waals surface area (Å²) in [6.07, 6.45) is 0.643. The van der Waals surface area contributed by atoms with Gasteiger partial charge in [-0.2, -0.15) is 11.8 Å². The summed E-state index contributed by atoms with van der Waals surface area (Å²) in [6.45, 7) is 2.05. The minimum atomic E-state index is -3.41. The summed E-state index contributed by atoms with van der Waals surface area (Å²) in [4.78, 5) is 0.155. The third kappa shape index (κ3) is 5.56. The molecule has 1 atom stereocenters. The molecule has 1 aromatic carbocycles. The lowest BCUT2D eigenvalue weighted by atomic mass is 10.2. The first-order valence-corrected chi connectivity index (χ1v) is 9.14. The first-order valence-electron chi connectivity index (χ1n) is 6.44. The lowest BCUT2D eigenvalue weighted by molar-refractivity contribution is 0.289. The predicted molar refractivity (Wildman–Crippen MR) is 84.6 cm³/mol. The topological polar surface area (TPSA) is 113 Å². The van der Waals surface area contributed by atoms with Crippen molar-refractivity contribution in [2.75, 3.05) is 18.1 Å². The molecule has 0 saturated carbocycles. The number of aliphatic hydroxyl groups is 1. The van der Waals surface area contributed by atoms with Crippen molar-refractivity contribution in [2.45, 2.75) is 23.5 Å². The fourth-order valence-electron chi connectivity index (χ4n) is 1.65. The minimum Gasteiger partial charge on any atom is -0.409 e. The molecule has 0 saturated heterocycles. The van der Waals surface area contributed by atoms with E-state index in [0.29, 0.717) is 17.7 Å². The van der Waals surface area contributed by atoms with Crippen LogP contribution in [-0.2, 0) is 9.84 Å². The Hall–Kier alpha value is -1.25. The summed E-state index contributed by atoms with van der Waals surface area (Å²) in [6, 6.07) is 6.02. The fraction of sp³-hybridized carbons (Fsp3) is 0.462. The first kappa shape index (κ1) is 17.8. The van der Waals surface area contributed by atoms with Crippen LogP contribution in [0.2, 0.25) is 0 Å². The molecule has 0 aliphatic rings. The van der Waals surface area contributed by atoms with Crippen molar-refractivity contribution in [1.82, 2.24) is 0 Å². The van der Waals surface area contributed by atoms with E-state index < -0.39 is 9.84 Å². The SMILES string of the molecule is CC(CCO)SCCS(=O)(=O)c1cccc(/C(N)=N/O)c1. The molecule has 6 nitrogen and oxygen atoms in total. The van der Waals surface area contributed by atoms with Crippen LogP contribution in [-0.4, -0.2) is 47.9 Å². The highest BCUT2D eigenvalue weighted by Crippen LogP contribution is 2.18. The molecule has 0 aromatic heterocycles. The number of rotatable bonds is 8. The molecule has 0 heterocycles. The van der Waals surface area contributed by atoms with Crippen molar-refractivity contribution in [3.8, 4) is 0 Å². The highest BCUT2D eigenvalue weighted by atomic mass is 32.2. The van der Waals surface area contributed by atoms with Gasteiger partial charge in [0.05, 0.1) is 10.6 Å². The van der Waals surface area contributed by atoms with E-state index in [-0.39, 0.29) is 28.3 Å². The van der Waals surface area contributed by atoms with Gasteiger partial charge in [0.1, 0.15) is 0 Å². The number of nitrogens with zero attached hydrogens (tertiary/aromatic N) is 1. The van der Waals surface area contributed by atoms with E-state index in [1.807, 2.05) is 6.92 Å². The Kier molecular flexibility index (Phi) is 7.00. The quantitative estimate of drug-likeness (QED) is 0.284. The average Bonchev–Trinajstić information content (AvgIpc) is 2.46. The molecule has 0 spiro atoms. The van der Waals surface area contributed by atoms with Crippen molar-refractivity contribution in [3.63, 3.8) is 0 Å². The van der Waals surface area contributed by atoms with Crippen LogP contribution in [0.3, 0.4) is 0 Å². The monoisotopic (exact) mass is 332 g/mol. The third-order valence-electron chi connectivity index (χ3n) is 2.89. The number of amidine groups is 1. The molecule has 4 N–H and O–H groups in total. The molecule has 0 bridgehead atoms. The Morgan fingerprint density at radius 2 is 2.19 bits per heavy atom. The molecular formula is C13H20N2O4S2. The Labute approximate surface area is 129 Å². The van der Waals surface area contributed by atoms with Crippen molar-refractivity contribution in [1.29, 1.82) is 0 Å². The van der Waals surface area contributed by atoms with Gasteiger partial charge in [0, 0.05) is 23.2 Å². The number of hydrogen-bond donors (Lipinski definition) is 3. The van der Waals surface area contributed by atoms with Gasteiger partial charge in [-0.3, -0.25) is 0 Å². The van der Waals surface area contributed by atoms with Gasteiger partial charge in [0.15, 0.2) is 15.7 Å². The zero-order chi connectivity index (χ0) is 15.9. The van der Waals surface area contributed by atoms with Crippen LogP contribution in [0.4, 0.5) is 0 Å². The zero-order valence-corrected chi connectivity index (χ0v) is 13.4. The maximum absolute atomic E-state index is 12.2. The Balaban J connectivity index is 2.75. The summed E-state index contributed by atoms with van der Waals surface area (Å²) >= 11 is 1.51. The Morgan fingerprint density at radius 3 is 2.81 bits per heavy atom. The van der Waals surface area contributed by atoms with Gasteiger partial charge in [-0.25, -0.2) is 8.42 Å².